The largest absolute Gasteiger partial charge is 0.481 e. The number of thioether (sulfide) groups is 1. The Bertz CT molecular complexity index is 961. The fourth-order valence-corrected chi connectivity index (χ4v) is 6.07. The lowest BCUT2D eigenvalue weighted by Crippen LogP contribution is -2.58. The third kappa shape index (κ3) is 5.83. The van der Waals surface area contributed by atoms with E-state index in [1.165, 1.54) is 23.5 Å². The molecule has 1 aromatic rings. The number of rotatable bonds is 7. The Kier molecular flexibility index (Phi) is 8.43. The minimum atomic E-state index is -3.90. The molecular weight excluding hydrogens is 428 g/mol. The van der Waals surface area contributed by atoms with Gasteiger partial charge in [-0.2, -0.15) is 16.1 Å². The van der Waals surface area contributed by atoms with Crippen molar-refractivity contribution in [1.29, 1.82) is 0 Å². The summed E-state index contributed by atoms with van der Waals surface area (Å²) in [5.74, 6) is 6.07. The number of ether oxygens (including phenoxy) is 2. The molecule has 0 aliphatic carbocycles. The van der Waals surface area contributed by atoms with E-state index >= 15 is 0 Å². The second-order valence-corrected chi connectivity index (χ2v) is 10.5. The van der Waals surface area contributed by atoms with Crippen molar-refractivity contribution in [2.75, 3.05) is 32.6 Å². The summed E-state index contributed by atoms with van der Waals surface area (Å²) < 4.78 is 37.4. The first-order valence-corrected chi connectivity index (χ1v) is 11.6. The van der Waals surface area contributed by atoms with Gasteiger partial charge in [0.25, 0.3) is 0 Å². The smallest absolute Gasteiger partial charge is 0.325 e. The molecule has 30 heavy (non-hydrogen) atoms. The van der Waals surface area contributed by atoms with Crippen molar-refractivity contribution >= 4 is 27.8 Å². The van der Waals surface area contributed by atoms with Gasteiger partial charge in [-0.1, -0.05) is 17.0 Å². The minimum absolute atomic E-state index is 0.0758. The molecule has 0 saturated carbocycles. The van der Waals surface area contributed by atoms with Gasteiger partial charge in [0.1, 0.15) is 18.4 Å². The fourth-order valence-electron chi connectivity index (χ4n) is 2.98. The third-order valence-electron chi connectivity index (χ3n) is 4.42. The predicted octanol–water partition coefficient (Wildman–Crippen LogP) is 2.83. The first-order chi connectivity index (χ1) is 14.2. The first kappa shape index (κ1) is 23.9. The van der Waals surface area contributed by atoms with Gasteiger partial charge < -0.3 is 9.47 Å². The summed E-state index contributed by atoms with van der Waals surface area (Å²) in [5.41, 5.74) is 8.18. The number of carbonyl (C=O) groups excluding carboxylic acids is 1. The molecule has 9 nitrogen and oxygen atoms in total. The van der Waals surface area contributed by atoms with E-state index in [0.717, 1.165) is 0 Å². The summed E-state index contributed by atoms with van der Waals surface area (Å²) in [6, 6.07) is 5.07. The van der Waals surface area contributed by atoms with E-state index in [1.54, 1.807) is 23.9 Å². The van der Waals surface area contributed by atoms with Gasteiger partial charge in [-0.25, -0.2) is 8.42 Å². The number of nitrogens with zero attached hydrogens (tertiary/aromatic N) is 4. The van der Waals surface area contributed by atoms with Crippen LogP contribution in [0.4, 0.5) is 0 Å². The lowest BCUT2D eigenvalue weighted by Gasteiger charge is -2.43. The highest BCUT2D eigenvalue weighted by atomic mass is 32.2. The van der Waals surface area contributed by atoms with Crippen LogP contribution in [0.2, 0.25) is 0 Å². The van der Waals surface area contributed by atoms with Crippen LogP contribution in [-0.4, -0.2) is 62.0 Å². The Hall–Kier alpha value is -2.38. The number of benzene rings is 1. The van der Waals surface area contributed by atoms with Crippen molar-refractivity contribution in [3.05, 3.63) is 34.7 Å². The summed E-state index contributed by atoms with van der Waals surface area (Å²) in [6.07, 6.45) is 0.441. The molecule has 1 unspecified atom stereocenters. The second kappa shape index (κ2) is 10.6. The molecule has 1 heterocycles. The van der Waals surface area contributed by atoms with Crippen LogP contribution in [0.15, 0.2) is 34.3 Å². The zero-order valence-electron chi connectivity index (χ0n) is 17.1. The highest BCUT2D eigenvalue weighted by Crippen LogP contribution is 2.38. The van der Waals surface area contributed by atoms with Crippen LogP contribution >= 0.6 is 11.8 Å². The lowest BCUT2D eigenvalue weighted by atomic mass is 10.0. The number of hydrogen-bond donors (Lipinski definition) is 0. The van der Waals surface area contributed by atoms with Crippen LogP contribution in [0.3, 0.4) is 0 Å². The van der Waals surface area contributed by atoms with Crippen molar-refractivity contribution in [3.63, 3.8) is 0 Å². The zero-order valence-corrected chi connectivity index (χ0v) is 18.7. The summed E-state index contributed by atoms with van der Waals surface area (Å²) >= 11 is 1.54. The van der Waals surface area contributed by atoms with E-state index < -0.39 is 26.8 Å². The number of sulfonamides is 1. The molecule has 0 bridgehead atoms. The van der Waals surface area contributed by atoms with Crippen LogP contribution in [0.1, 0.15) is 20.3 Å². The molecule has 0 amide bonds. The van der Waals surface area contributed by atoms with Crippen LogP contribution in [0.5, 0.6) is 5.75 Å². The molecule has 1 atom stereocenters. The van der Waals surface area contributed by atoms with Crippen molar-refractivity contribution in [3.8, 4) is 17.6 Å². The molecule has 0 N–H and O–H groups in total. The molecule has 0 radical (unpaired) electrons. The van der Waals surface area contributed by atoms with Gasteiger partial charge in [-0.05, 0) is 43.6 Å². The van der Waals surface area contributed by atoms with Crippen LogP contribution < -0.4 is 4.74 Å². The summed E-state index contributed by atoms with van der Waals surface area (Å²) in [4.78, 5) is 15.1. The highest BCUT2D eigenvalue weighted by molar-refractivity contribution is 8.00. The van der Waals surface area contributed by atoms with Crippen molar-refractivity contribution in [2.45, 2.75) is 36.0 Å². The average Bonchev–Trinajstić information content (AvgIpc) is 2.72. The standard InChI is InChI=1S/C19H24N4O5S2/c1-19(2)17(18(24)27-3)23(12-14-29-19)30(25,26)16-9-7-15(8-10-16)28-13-6-4-5-11-21-22-20/h7-10,17H,5,11-14H2,1-3H3. The molecule has 11 heteroatoms. The quantitative estimate of drug-likeness (QED) is 0.157. The molecular formula is C19H24N4O5S2. The summed E-state index contributed by atoms with van der Waals surface area (Å²) in [6.45, 7) is 4.33. The molecule has 1 fully saturated rings. The maximum Gasteiger partial charge on any atom is 0.325 e. The van der Waals surface area contributed by atoms with Gasteiger partial charge in [0.15, 0.2) is 0 Å². The Morgan fingerprint density at radius 2 is 2.07 bits per heavy atom. The van der Waals surface area contributed by atoms with E-state index in [-0.39, 0.29) is 18.0 Å². The summed E-state index contributed by atoms with van der Waals surface area (Å²) in [5, 5.41) is 3.38. The Balaban J connectivity index is 2.12. The summed E-state index contributed by atoms with van der Waals surface area (Å²) in [7, 11) is -2.64. The number of azide groups is 1. The van der Waals surface area contributed by atoms with E-state index in [2.05, 4.69) is 21.9 Å². The van der Waals surface area contributed by atoms with Crippen molar-refractivity contribution in [2.24, 2.45) is 5.11 Å². The molecule has 0 spiro atoms. The molecule has 1 aliphatic rings. The molecule has 2 rings (SSSR count). The van der Waals surface area contributed by atoms with Gasteiger partial charge in [0.2, 0.25) is 10.0 Å². The average molecular weight is 453 g/mol. The fraction of sp³-hybridized carbons (Fsp3) is 0.526. The van der Waals surface area contributed by atoms with E-state index in [0.29, 0.717) is 24.5 Å². The topological polar surface area (TPSA) is 122 Å². The van der Waals surface area contributed by atoms with Gasteiger partial charge in [-0.3, -0.25) is 4.79 Å². The maximum atomic E-state index is 13.2. The SMILES string of the molecule is COC(=O)C1N(S(=O)(=O)c2ccc(OCC#CCCN=[N+]=[N-])cc2)CCSC1(C)C. The third-order valence-corrected chi connectivity index (χ3v) is 7.66. The first-order valence-electron chi connectivity index (χ1n) is 9.17. The number of carbonyl (C=O) groups is 1. The highest BCUT2D eigenvalue weighted by Gasteiger charge is 2.48. The lowest BCUT2D eigenvalue weighted by molar-refractivity contribution is -0.146. The molecule has 1 aliphatic heterocycles. The van der Waals surface area contributed by atoms with Crippen LogP contribution in [0.25, 0.3) is 10.4 Å². The number of hydrogen-bond acceptors (Lipinski definition) is 7. The number of esters is 1. The van der Waals surface area contributed by atoms with Crippen LogP contribution in [0, 0.1) is 11.8 Å². The van der Waals surface area contributed by atoms with Gasteiger partial charge in [0.05, 0.1) is 12.0 Å². The Labute approximate surface area is 180 Å². The van der Waals surface area contributed by atoms with Crippen LogP contribution in [-0.2, 0) is 19.6 Å². The monoisotopic (exact) mass is 452 g/mol. The molecule has 1 aromatic carbocycles. The molecule has 0 aromatic heterocycles. The normalized spacial score (nSPS) is 18.4. The van der Waals surface area contributed by atoms with Gasteiger partial charge in [0, 0.05) is 34.9 Å². The number of methoxy groups -OCH3 is 1. The van der Waals surface area contributed by atoms with E-state index in [9.17, 15) is 13.2 Å². The predicted molar refractivity (Wildman–Crippen MR) is 115 cm³/mol. The second-order valence-electron chi connectivity index (χ2n) is 6.81. The molecule has 1 saturated heterocycles. The zero-order chi connectivity index (χ0) is 22.2. The maximum absolute atomic E-state index is 13.2. The van der Waals surface area contributed by atoms with Crippen molar-refractivity contribution < 1.29 is 22.7 Å². The van der Waals surface area contributed by atoms with E-state index in [4.69, 9.17) is 15.0 Å². The van der Waals surface area contributed by atoms with E-state index in [1.807, 2.05) is 13.8 Å². The Morgan fingerprint density at radius 1 is 1.37 bits per heavy atom. The van der Waals surface area contributed by atoms with Crippen molar-refractivity contribution in [1.82, 2.24) is 4.31 Å². The molecule has 162 valence electrons. The van der Waals surface area contributed by atoms with Gasteiger partial charge >= 0.3 is 5.97 Å². The Morgan fingerprint density at radius 3 is 2.70 bits per heavy atom. The minimum Gasteiger partial charge on any atom is -0.481 e. The van der Waals surface area contributed by atoms with Gasteiger partial charge in [-0.15, -0.1) is 0 Å².